The molecule has 4 rings (SSSR count). The Balaban J connectivity index is 1.43. The van der Waals surface area contributed by atoms with Crippen molar-refractivity contribution >= 4 is 17.5 Å². The van der Waals surface area contributed by atoms with Gasteiger partial charge in [-0.2, -0.15) is 10.2 Å². The van der Waals surface area contributed by atoms with Crippen LogP contribution in [0.25, 0.3) is 11.3 Å². The molecule has 1 aliphatic rings. The number of carbonyl (C=O) groups excluding carboxylic acids is 1. The Hall–Kier alpha value is -3.20. The van der Waals surface area contributed by atoms with E-state index < -0.39 is 0 Å². The van der Waals surface area contributed by atoms with Crippen LogP contribution in [0.1, 0.15) is 6.92 Å². The second-order valence-corrected chi connectivity index (χ2v) is 6.63. The molecular weight excluding hydrogens is 356 g/mol. The minimum absolute atomic E-state index is 0.131. The molecule has 3 aromatic rings. The summed E-state index contributed by atoms with van der Waals surface area (Å²) in [5.74, 6) is 1.51. The molecule has 0 saturated carbocycles. The Morgan fingerprint density at radius 3 is 2.89 bits per heavy atom. The fraction of sp³-hybridized carbons (Fsp3) is 0.368. The third kappa shape index (κ3) is 4.04. The number of hydrogen-bond donors (Lipinski definition) is 2. The number of amides is 1. The van der Waals surface area contributed by atoms with E-state index in [4.69, 9.17) is 4.98 Å². The molecule has 28 heavy (non-hydrogen) atoms. The molecule has 0 spiro atoms. The van der Waals surface area contributed by atoms with Crippen molar-refractivity contribution in [2.75, 3.05) is 36.4 Å². The highest BCUT2D eigenvalue weighted by atomic mass is 16.2. The van der Waals surface area contributed by atoms with Gasteiger partial charge in [0.1, 0.15) is 18.2 Å². The van der Waals surface area contributed by atoms with Crippen molar-refractivity contribution in [3.8, 4) is 11.3 Å². The van der Waals surface area contributed by atoms with Crippen LogP contribution < -0.4 is 15.5 Å². The van der Waals surface area contributed by atoms with Crippen LogP contribution >= 0.6 is 0 Å². The maximum atomic E-state index is 12.3. The zero-order valence-corrected chi connectivity index (χ0v) is 15.9. The second kappa shape index (κ2) is 8.22. The summed E-state index contributed by atoms with van der Waals surface area (Å²) in [6.07, 6.45) is 5.26. The van der Waals surface area contributed by atoms with Crippen molar-refractivity contribution in [2.24, 2.45) is 0 Å². The highest BCUT2D eigenvalue weighted by molar-refractivity contribution is 5.89. The van der Waals surface area contributed by atoms with E-state index in [9.17, 15) is 4.79 Å². The molecule has 0 aliphatic carbocycles. The number of anilines is 2. The molecule has 1 fully saturated rings. The van der Waals surface area contributed by atoms with Crippen LogP contribution in [-0.4, -0.2) is 56.6 Å². The molecule has 3 aromatic heterocycles. The molecule has 2 N–H and O–H groups in total. The standard InChI is InChI=1S/C19H24N8O/c1-2-27-18(6-7-21-27)24-19(28)14-26-13-15(12-22-26)16-4-3-5-17(23-16)25-10-8-20-9-11-25/h3-7,12-13,20H,2,8-11,14H2,1H3,(H,24,28). The Bertz CT molecular complexity index is 941. The van der Waals surface area contributed by atoms with Crippen LogP contribution in [0.2, 0.25) is 0 Å². The van der Waals surface area contributed by atoms with Crippen LogP contribution in [-0.2, 0) is 17.9 Å². The van der Waals surface area contributed by atoms with E-state index >= 15 is 0 Å². The molecule has 9 nitrogen and oxygen atoms in total. The molecule has 0 atom stereocenters. The van der Waals surface area contributed by atoms with Gasteiger partial charge >= 0.3 is 0 Å². The summed E-state index contributed by atoms with van der Waals surface area (Å²) < 4.78 is 3.36. The number of piperazine rings is 1. The summed E-state index contributed by atoms with van der Waals surface area (Å²) in [7, 11) is 0. The predicted molar refractivity (Wildman–Crippen MR) is 107 cm³/mol. The van der Waals surface area contributed by atoms with Crippen molar-refractivity contribution in [3.63, 3.8) is 0 Å². The number of rotatable bonds is 6. The van der Waals surface area contributed by atoms with Gasteiger partial charge in [0.2, 0.25) is 5.91 Å². The van der Waals surface area contributed by atoms with E-state index in [0.717, 1.165) is 43.3 Å². The Kier molecular flexibility index (Phi) is 5.34. The topological polar surface area (TPSA) is 92.9 Å². The number of nitrogens with zero attached hydrogens (tertiary/aromatic N) is 6. The van der Waals surface area contributed by atoms with Crippen LogP contribution in [0, 0.1) is 0 Å². The molecule has 146 valence electrons. The molecule has 1 aliphatic heterocycles. The average Bonchev–Trinajstić information content (AvgIpc) is 3.38. The van der Waals surface area contributed by atoms with E-state index in [1.165, 1.54) is 0 Å². The predicted octanol–water partition coefficient (Wildman–Crippen LogP) is 1.21. The van der Waals surface area contributed by atoms with Crippen LogP contribution in [0.3, 0.4) is 0 Å². The lowest BCUT2D eigenvalue weighted by Crippen LogP contribution is -2.43. The second-order valence-electron chi connectivity index (χ2n) is 6.63. The third-order valence-electron chi connectivity index (χ3n) is 4.69. The highest BCUT2D eigenvalue weighted by Gasteiger charge is 2.13. The molecule has 0 bridgehead atoms. The number of aryl methyl sites for hydroxylation is 1. The summed E-state index contributed by atoms with van der Waals surface area (Å²) >= 11 is 0. The lowest BCUT2D eigenvalue weighted by molar-refractivity contribution is -0.116. The van der Waals surface area contributed by atoms with E-state index in [1.54, 1.807) is 27.8 Å². The first kappa shape index (κ1) is 18.2. The third-order valence-corrected chi connectivity index (χ3v) is 4.69. The van der Waals surface area contributed by atoms with Gasteiger partial charge in [0.25, 0.3) is 0 Å². The maximum absolute atomic E-state index is 12.3. The van der Waals surface area contributed by atoms with E-state index in [0.29, 0.717) is 12.4 Å². The quantitative estimate of drug-likeness (QED) is 0.668. The largest absolute Gasteiger partial charge is 0.354 e. The fourth-order valence-electron chi connectivity index (χ4n) is 3.26. The van der Waals surface area contributed by atoms with Gasteiger partial charge in [-0.3, -0.25) is 9.48 Å². The Labute approximate surface area is 163 Å². The molecule has 9 heteroatoms. The van der Waals surface area contributed by atoms with Gasteiger partial charge in [-0.1, -0.05) is 6.07 Å². The van der Waals surface area contributed by atoms with Crippen molar-refractivity contribution in [1.29, 1.82) is 0 Å². The summed E-state index contributed by atoms with van der Waals surface area (Å²) in [4.78, 5) is 19.4. The zero-order chi connectivity index (χ0) is 19.3. The molecule has 0 radical (unpaired) electrons. The Morgan fingerprint density at radius 1 is 1.21 bits per heavy atom. The number of nitrogens with one attached hydrogen (secondary N) is 2. The minimum Gasteiger partial charge on any atom is -0.354 e. The van der Waals surface area contributed by atoms with Crippen molar-refractivity contribution in [2.45, 2.75) is 20.0 Å². The summed E-state index contributed by atoms with van der Waals surface area (Å²) in [5, 5.41) is 14.7. The zero-order valence-electron chi connectivity index (χ0n) is 15.9. The first-order valence-electron chi connectivity index (χ1n) is 9.50. The molecule has 1 amide bonds. The van der Waals surface area contributed by atoms with Gasteiger partial charge in [0.05, 0.1) is 18.1 Å². The van der Waals surface area contributed by atoms with Gasteiger partial charge in [-0.15, -0.1) is 0 Å². The number of carbonyl (C=O) groups is 1. The normalized spacial score (nSPS) is 14.2. The van der Waals surface area contributed by atoms with Crippen LogP contribution in [0.4, 0.5) is 11.6 Å². The summed E-state index contributed by atoms with van der Waals surface area (Å²) in [6, 6.07) is 7.79. The van der Waals surface area contributed by atoms with Crippen molar-refractivity contribution in [1.82, 2.24) is 29.9 Å². The lowest BCUT2D eigenvalue weighted by Gasteiger charge is -2.28. The number of hydrogen-bond acceptors (Lipinski definition) is 6. The number of pyridine rings is 1. The van der Waals surface area contributed by atoms with Gasteiger partial charge < -0.3 is 15.5 Å². The van der Waals surface area contributed by atoms with Crippen LogP contribution in [0.5, 0.6) is 0 Å². The van der Waals surface area contributed by atoms with Gasteiger partial charge in [-0.25, -0.2) is 9.67 Å². The molecule has 0 unspecified atom stereocenters. The van der Waals surface area contributed by atoms with Crippen molar-refractivity contribution < 1.29 is 4.79 Å². The fourth-order valence-corrected chi connectivity index (χ4v) is 3.26. The molecule has 0 aromatic carbocycles. The summed E-state index contributed by atoms with van der Waals surface area (Å²) in [6.45, 7) is 6.64. The molecule has 4 heterocycles. The summed E-state index contributed by atoms with van der Waals surface area (Å²) in [5.41, 5.74) is 1.75. The first-order valence-corrected chi connectivity index (χ1v) is 9.50. The number of aromatic nitrogens is 5. The smallest absolute Gasteiger partial charge is 0.247 e. The lowest BCUT2D eigenvalue weighted by atomic mass is 10.2. The monoisotopic (exact) mass is 380 g/mol. The van der Waals surface area contributed by atoms with E-state index in [2.05, 4.69) is 25.7 Å². The first-order chi connectivity index (χ1) is 13.7. The van der Waals surface area contributed by atoms with Crippen molar-refractivity contribution in [3.05, 3.63) is 42.9 Å². The van der Waals surface area contributed by atoms with E-state index in [-0.39, 0.29) is 12.5 Å². The van der Waals surface area contributed by atoms with Gasteiger partial charge in [0.15, 0.2) is 0 Å². The average molecular weight is 380 g/mol. The highest BCUT2D eigenvalue weighted by Crippen LogP contribution is 2.20. The van der Waals surface area contributed by atoms with E-state index in [1.807, 2.05) is 31.3 Å². The van der Waals surface area contributed by atoms with Crippen LogP contribution in [0.15, 0.2) is 42.9 Å². The van der Waals surface area contributed by atoms with Gasteiger partial charge in [-0.05, 0) is 19.1 Å². The minimum atomic E-state index is -0.146. The SMILES string of the molecule is CCn1nccc1NC(=O)Cn1cc(-c2cccc(N3CCNCC3)n2)cn1. The molecular formula is C19H24N8O. The Morgan fingerprint density at radius 2 is 2.07 bits per heavy atom. The molecule has 1 saturated heterocycles. The van der Waals surface area contributed by atoms with Gasteiger partial charge in [0, 0.05) is 50.6 Å². The maximum Gasteiger partial charge on any atom is 0.247 e.